The smallest absolute Gasteiger partial charge is 0.237 e. The Morgan fingerprint density at radius 1 is 1.14 bits per heavy atom. The van der Waals surface area contributed by atoms with Gasteiger partial charge >= 0.3 is 0 Å². The number of methoxy groups -OCH3 is 1. The van der Waals surface area contributed by atoms with E-state index in [-0.39, 0.29) is 0 Å². The number of hydrogen-bond donors (Lipinski definition) is 1. The number of nitrogens with two attached hydrogens (primary N) is 1. The molecule has 0 aliphatic heterocycles. The van der Waals surface area contributed by atoms with Gasteiger partial charge in [0.05, 0.1) is 23.4 Å². The third-order valence-corrected chi connectivity index (χ3v) is 5.45. The Bertz CT molecular complexity index is 1160. The van der Waals surface area contributed by atoms with Crippen LogP contribution in [-0.2, 0) is 5.75 Å². The Kier molecular flexibility index (Phi) is 5.61. The molecule has 29 heavy (non-hydrogen) atoms. The molecule has 11 heteroatoms. The van der Waals surface area contributed by atoms with Crippen molar-refractivity contribution in [2.45, 2.75) is 10.9 Å². The molecule has 0 spiro atoms. The Morgan fingerprint density at radius 2 is 1.97 bits per heavy atom. The highest BCUT2D eigenvalue weighted by Gasteiger charge is 2.17. The van der Waals surface area contributed by atoms with Crippen LogP contribution in [0.15, 0.2) is 52.1 Å². The normalized spacial score (nSPS) is 11.0. The van der Waals surface area contributed by atoms with E-state index in [1.165, 1.54) is 16.4 Å². The summed E-state index contributed by atoms with van der Waals surface area (Å²) in [6, 6.07) is 12.5. The van der Waals surface area contributed by atoms with Gasteiger partial charge in [-0.15, -0.1) is 10.2 Å². The van der Waals surface area contributed by atoms with E-state index in [4.69, 9.17) is 38.3 Å². The fraction of sp³-hybridized carbons (Fsp3) is 0.111. The van der Waals surface area contributed by atoms with Gasteiger partial charge in [0.2, 0.25) is 16.9 Å². The molecule has 0 saturated carbocycles. The van der Waals surface area contributed by atoms with E-state index in [1.54, 1.807) is 25.3 Å². The molecule has 8 nitrogen and oxygen atoms in total. The zero-order valence-corrected chi connectivity index (χ0v) is 17.4. The topological polar surface area (TPSA) is 105 Å². The van der Waals surface area contributed by atoms with E-state index < -0.39 is 0 Å². The third-order valence-electron chi connectivity index (χ3n) is 3.98. The van der Waals surface area contributed by atoms with Gasteiger partial charge in [-0.1, -0.05) is 52.3 Å². The minimum absolute atomic E-state index is 0.367. The number of benzene rings is 2. The van der Waals surface area contributed by atoms with Crippen LogP contribution in [0, 0.1) is 0 Å². The number of hydrogen-bond acceptors (Lipinski definition) is 8. The summed E-state index contributed by atoms with van der Waals surface area (Å²) in [6.07, 6.45) is 0. The molecule has 148 valence electrons. The summed E-state index contributed by atoms with van der Waals surface area (Å²) in [5.74, 6) is 8.46. The second-order valence-electron chi connectivity index (χ2n) is 5.80. The van der Waals surface area contributed by atoms with Gasteiger partial charge in [-0.2, -0.15) is 4.98 Å². The van der Waals surface area contributed by atoms with Gasteiger partial charge in [0, 0.05) is 10.6 Å². The predicted octanol–water partition coefficient (Wildman–Crippen LogP) is 4.32. The molecule has 0 bridgehead atoms. The monoisotopic (exact) mass is 448 g/mol. The van der Waals surface area contributed by atoms with Gasteiger partial charge < -0.3 is 15.1 Å². The highest BCUT2D eigenvalue weighted by Crippen LogP contribution is 2.31. The molecule has 0 amide bonds. The van der Waals surface area contributed by atoms with Crippen LogP contribution in [0.3, 0.4) is 0 Å². The lowest BCUT2D eigenvalue weighted by atomic mass is 10.2. The van der Waals surface area contributed by atoms with Crippen LogP contribution >= 0.6 is 35.0 Å². The fourth-order valence-electron chi connectivity index (χ4n) is 2.61. The zero-order valence-electron chi connectivity index (χ0n) is 15.0. The van der Waals surface area contributed by atoms with Crippen LogP contribution in [0.5, 0.6) is 5.75 Å². The number of nitrogen functional groups attached to an aromatic ring is 1. The molecule has 2 aromatic carbocycles. The van der Waals surface area contributed by atoms with Gasteiger partial charge in [-0.3, -0.25) is 0 Å². The Morgan fingerprint density at radius 3 is 2.76 bits per heavy atom. The van der Waals surface area contributed by atoms with Crippen molar-refractivity contribution >= 4 is 35.0 Å². The standard InChI is InChI=1S/C18H14Cl2N6O2S/c1-27-14-5-3-2-4-12(14)16-22-15(28-25-16)9-29-18-24-23-17(26(18)21)11-7-6-10(19)8-13(11)20/h2-8H,9,21H2,1H3. The first-order valence-corrected chi connectivity index (χ1v) is 10.1. The quantitative estimate of drug-likeness (QED) is 0.343. The predicted molar refractivity (Wildman–Crippen MR) is 111 cm³/mol. The molecule has 0 saturated heterocycles. The van der Waals surface area contributed by atoms with Crippen molar-refractivity contribution in [1.29, 1.82) is 0 Å². The number of nitrogens with zero attached hydrogens (tertiary/aromatic N) is 5. The first-order chi connectivity index (χ1) is 14.1. The minimum atomic E-state index is 0.367. The molecule has 2 aromatic heterocycles. The first-order valence-electron chi connectivity index (χ1n) is 8.31. The molecule has 4 aromatic rings. The molecule has 4 rings (SSSR count). The average Bonchev–Trinajstić information content (AvgIpc) is 3.33. The van der Waals surface area contributed by atoms with Crippen LogP contribution in [0.25, 0.3) is 22.8 Å². The SMILES string of the molecule is COc1ccccc1-c1noc(CSc2nnc(-c3ccc(Cl)cc3Cl)n2N)n1. The maximum atomic E-state index is 6.23. The summed E-state index contributed by atoms with van der Waals surface area (Å²) in [7, 11) is 1.59. The van der Waals surface area contributed by atoms with Crippen LogP contribution in [0.2, 0.25) is 10.0 Å². The van der Waals surface area contributed by atoms with Crippen molar-refractivity contribution in [3.8, 4) is 28.5 Å². The Hall–Kier alpha value is -2.75. The van der Waals surface area contributed by atoms with Crippen molar-refractivity contribution in [3.63, 3.8) is 0 Å². The van der Waals surface area contributed by atoms with Crippen molar-refractivity contribution in [1.82, 2.24) is 25.0 Å². The lowest BCUT2D eigenvalue weighted by Crippen LogP contribution is -2.11. The molecule has 0 radical (unpaired) electrons. The summed E-state index contributed by atoms with van der Waals surface area (Å²) >= 11 is 13.5. The van der Waals surface area contributed by atoms with Gasteiger partial charge in [0.25, 0.3) is 0 Å². The highest BCUT2D eigenvalue weighted by molar-refractivity contribution is 7.98. The van der Waals surface area contributed by atoms with Gasteiger partial charge in [0.15, 0.2) is 5.82 Å². The van der Waals surface area contributed by atoms with Crippen molar-refractivity contribution < 1.29 is 9.26 Å². The Labute approximate surface area is 179 Å². The van der Waals surface area contributed by atoms with E-state index >= 15 is 0 Å². The third kappa shape index (κ3) is 4.02. The molecular formula is C18H14Cl2N6O2S. The minimum Gasteiger partial charge on any atom is -0.496 e. The van der Waals surface area contributed by atoms with E-state index in [0.717, 1.165) is 5.56 Å². The van der Waals surface area contributed by atoms with Gasteiger partial charge in [-0.25, -0.2) is 4.68 Å². The summed E-state index contributed by atoms with van der Waals surface area (Å²) in [6.45, 7) is 0. The largest absolute Gasteiger partial charge is 0.496 e. The van der Waals surface area contributed by atoms with Crippen molar-refractivity contribution in [2.75, 3.05) is 13.0 Å². The number of rotatable bonds is 6. The second kappa shape index (κ2) is 8.32. The van der Waals surface area contributed by atoms with E-state index in [2.05, 4.69) is 20.3 Å². The van der Waals surface area contributed by atoms with Gasteiger partial charge in [-0.05, 0) is 30.3 Å². The molecule has 0 fully saturated rings. The van der Waals surface area contributed by atoms with Crippen LogP contribution in [-0.4, -0.2) is 32.1 Å². The van der Waals surface area contributed by atoms with Crippen molar-refractivity contribution in [3.05, 3.63) is 58.4 Å². The van der Waals surface area contributed by atoms with Crippen LogP contribution in [0.4, 0.5) is 0 Å². The lowest BCUT2D eigenvalue weighted by molar-refractivity contribution is 0.390. The molecule has 2 heterocycles. The van der Waals surface area contributed by atoms with E-state index in [0.29, 0.717) is 49.8 Å². The lowest BCUT2D eigenvalue weighted by Gasteiger charge is -2.05. The van der Waals surface area contributed by atoms with E-state index in [9.17, 15) is 0 Å². The molecule has 2 N–H and O–H groups in total. The number of halogens is 2. The number of aromatic nitrogens is 5. The maximum absolute atomic E-state index is 6.23. The molecule has 0 unspecified atom stereocenters. The summed E-state index contributed by atoms with van der Waals surface area (Å²) in [4.78, 5) is 4.41. The fourth-order valence-corrected chi connectivity index (χ4v) is 3.80. The van der Waals surface area contributed by atoms with Crippen molar-refractivity contribution in [2.24, 2.45) is 0 Å². The summed E-state index contributed by atoms with van der Waals surface area (Å²) in [5, 5.41) is 13.7. The average molecular weight is 449 g/mol. The first kappa shape index (κ1) is 19.6. The van der Waals surface area contributed by atoms with E-state index in [1.807, 2.05) is 24.3 Å². The molecule has 0 aliphatic rings. The van der Waals surface area contributed by atoms with Crippen LogP contribution in [0.1, 0.15) is 5.89 Å². The summed E-state index contributed by atoms with van der Waals surface area (Å²) in [5.41, 5.74) is 1.38. The molecule has 0 aliphatic carbocycles. The highest BCUT2D eigenvalue weighted by atomic mass is 35.5. The number of para-hydroxylation sites is 1. The summed E-state index contributed by atoms with van der Waals surface area (Å²) < 4.78 is 12.0. The number of ether oxygens (including phenoxy) is 1. The maximum Gasteiger partial charge on any atom is 0.237 e. The number of thioether (sulfide) groups is 1. The zero-order chi connectivity index (χ0) is 20.4. The van der Waals surface area contributed by atoms with Crippen LogP contribution < -0.4 is 10.6 Å². The molecule has 0 atom stereocenters. The molecular weight excluding hydrogens is 435 g/mol. The van der Waals surface area contributed by atoms with Gasteiger partial charge in [0.1, 0.15) is 5.75 Å². The second-order valence-corrected chi connectivity index (χ2v) is 7.59. The Balaban J connectivity index is 1.51.